The molecule has 0 radical (unpaired) electrons. The van der Waals surface area contributed by atoms with E-state index in [1.165, 1.54) is 5.56 Å². The Hall–Kier alpha value is -1.79. The zero-order valence-corrected chi connectivity index (χ0v) is 12.2. The standard InChI is InChI=1S/C16H15BrN2/c17-13-14-7-4-5-10-16(14)19(12-6-11-18)15-8-2-1-3-9-15/h1-5,7-10H,6,12-13H2. The maximum Gasteiger partial charge on any atom is 0.0640 e. The van der Waals surface area contributed by atoms with Crippen LogP contribution in [0.3, 0.4) is 0 Å². The molecule has 2 nitrogen and oxygen atoms in total. The van der Waals surface area contributed by atoms with Crippen LogP contribution in [0.1, 0.15) is 12.0 Å². The molecule has 0 saturated carbocycles. The summed E-state index contributed by atoms with van der Waals surface area (Å²) in [5.41, 5.74) is 3.50. The van der Waals surface area contributed by atoms with Crippen molar-refractivity contribution in [2.45, 2.75) is 11.8 Å². The second kappa shape index (κ2) is 6.96. The van der Waals surface area contributed by atoms with E-state index in [0.717, 1.165) is 16.7 Å². The zero-order chi connectivity index (χ0) is 13.5. The summed E-state index contributed by atoms with van der Waals surface area (Å²) in [5.74, 6) is 0. The maximum absolute atomic E-state index is 8.85. The third-order valence-electron chi connectivity index (χ3n) is 2.94. The molecule has 0 bridgehead atoms. The van der Waals surface area contributed by atoms with Crippen LogP contribution in [0, 0.1) is 11.3 Å². The summed E-state index contributed by atoms with van der Waals surface area (Å²) in [5, 5.41) is 9.65. The Labute approximate surface area is 122 Å². The molecule has 0 aliphatic carbocycles. The molecule has 19 heavy (non-hydrogen) atoms. The highest BCUT2D eigenvalue weighted by Gasteiger charge is 2.11. The molecule has 0 aromatic heterocycles. The van der Waals surface area contributed by atoms with E-state index in [4.69, 9.17) is 5.26 Å². The normalized spacial score (nSPS) is 9.89. The number of para-hydroxylation sites is 2. The van der Waals surface area contributed by atoms with Gasteiger partial charge < -0.3 is 4.90 Å². The van der Waals surface area contributed by atoms with Crippen LogP contribution in [-0.2, 0) is 5.33 Å². The molecule has 0 unspecified atom stereocenters. The lowest BCUT2D eigenvalue weighted by atomic mass is 10.1. The van der Waals surface area contributed by atoms with Crippen LogP contribution >= 0.6 is 15.9 Å². The predicted octanol–water partition coefficient (Wildman–Crippen LogP) is 4.63. The molecule has 2 aromatic carbocycles. The summed E-state index contributed by atoms with van der Waals surface area (Å²) < 4.78 is 0. The molecule has 96 valence electrons. The lowest BCUT2D eigenvalue weighted by molar-refractivity contribution is 0.943. The van der Waals surface area contributed by atoms with Crippen LogP contribution in [0.2, 0.25) is 0 Å². The smallest absolute Gasteiger partial charge is 0.0640 e. The van der Waals surface area contributed by atoms with E-state index in [2.05, 4.69) is 51.2 Å². The lowest BCUT2D eigenvalue weighted by Gasteiger charge is -2.26. The molecule has 0 N–H and O–H groups in total. The minimum Gasteiger partial charge on any atom is -0.340 e. The number of nitriles is 1. The third-order valence-corrected chi connectivity index (χ3v) is 3.55. The number of alkyl halides is 1. The number of anilines is 2. The highest BCUT2D eigenvalue weighted by Crippen LogP contribution is 2.29. The van der Waals surface area contributed by atoms with E-state index in [1.54, 1.807) is 0 Å². The van der Waals surface area contributed by atoms with Gasteiger partial charge in [-0.1, -0.05) is 52.3 Å². The molecule has 0 heterocycles. The number of hydrogen-bond acceptors (Lipinski definition) is 2. The summed E-state index contributed by atoms with van der Waals surface area (Å²) >= 11 is 3.53. The Morgan fingerprint density at radius 1 is 1.00 bits per heavy atom. The Morgan fingerprint density at radius 2 is 1.68 bits per heavy atom. The highest BCUT2D eigenvalue weighted by molar-refractivity contribution is 9.08. The molecule has 0 aliphatic heterocycles. The van der Waals surface area contributed by atoms with Crippen molar-refractivity contribution in [3.63, 3.8) is 0 Å². The van der Waals surface area contributed by atoms with E-state index >= 15 is 0 Å². The molecule has 0 aliphatic rings. The molecule has 2 rings (SSSR count). The molecule has 0 amide bonds. The van der Waals surface area contributed by atoms with E-state index in [1.807, 2.05) is 30.3 Å². The van der Waals surface area contributed by atoms with Gasteiger partial charge in [-0.15, -0.1) is 0 Å². The topological polar surface area (TPSA) is 27.0 Å². The number of nitrogens with zero attached hydrogens (tertiary/aromatic N) is 2. The Balaban J connectivity index is 2.40. The second-order valence-corrected chi connectivity index (χ2v) is 4.72. The number of benzene rings is 2. The Morgan fingerprint density at radius 3 is 2.37 bits per heavy atom. The highest BCUT2D eigenvalue weighted by atomic mass is 79.9. The summed E-state index contributed by atoms with van der Waals surface area (Å²) in [6.07, 6.45) is 0.505. The zero-order valence-electron chi connectivity index (χ0n) is 10.6. The van der Waals surface area contributed by atoms with Crippen molar-refractivity contribution in [3.8, 4) is 6.07 Å². The Kier molecular flexibility index (Phi) is 5.00. The van der Waals surface area contributed by atoms with Crippen molar-refractivity contribution < 1.29 is 0 Å². The number of halogens is 1. The fourth-order valence-corrected chi connectivity index (χ4v) is 2.52. The van der Waals surface area contributed by atoms with Gasteiger partial charge in [-0.2, -0.15) is 5.26 Å². The van der Waals surface area contributed by atoms with Gasteiger partial charge >= 0.3 is 0 Å². The summed E-state index contributed by atoms with van der Waals surface area (Å²) in [4.78, 5) is 2.19. The minimum absolute atomic E-state index is 0.505. The van der Waals surface area contributed by atoms with Crippen molar-refractivity contribution in [3.05, 3.63) is 60.2 Å². The first-order chi connectivity index (χ1) is 9.36. The van der Waals surface area contributed by atoms with E-state index in [0.29, 0.717) is 13.0 Å². The van der Waals surface area contributed by atoms with Crippen molar-refractivity contribution in [1.29, 1.82) is 5.26 Å². The van der Waals surface area contributed by atoms with Crippen LogP contribution in [-0.4, -0.2) is 6.54 Å². The van der Waals surface area contributed by atoms with Gasteiger partial charge in [-0.3, -0.25) is 0 Å². The van der Waals surface area contributed by atoms with Crippen LogP contribution in [0.4, 0.5) is 11.4 Å². The van der Waals surface area contributed by atoms with Crippen LogP contribution in [0.15, 0.2) is 54.6 Å². The van der Waals surface area contributed by atoms with Gasteiger partial charge in [0.05, 0.1) is 12.5 Å². The van der Waals surface area contributed by atoms with E-state index < -0.39 is 0 Å². The molecule has 0 fully saturated rings. The van der Waals surface area contributed by atoms with Gasteiger partial charge in [0, 0.05) is 23.2 Å². The van der Waals surface area contributed by atoms with Gasteiger partial charge in [0.2, 0.25) is 0 Å². The van der Waals surface area contributed by atoms with Gasteiger partial charge in [-0.25, -0.2) is 0 Å². The average Bonchev–Trinajstić information content (AvgIpc) is 2.49. The molecule has 0 saturated heterocycles. The summed E-state index contributed by atoms with van der Waals surface area (Å²) in [6.45, 7) is 0.699. The molecule has 0 atom stereocenters. The summed E-state index contributed by atoms with van der Waals surface area (Å²) in [7, 11) is 0. The number of rotatable bonds is 5. The maximum atomic E-state index is 8.85. The molecule has 3 heteroatoms. The molecule has 2 aromatic rings. The fraction of sp³-hybridized carbons (Fsp3) is 0.188. The van der Waals surface area contributed by atoms with Gasteiger partial charge in [-0.05, 0) is 23.8 Å². The van der Waals surface area contributed by atoms with Crippen molar-refractivity contribution >= 4 is 27.3 Å². The van der Waals surface area contributed by atoms with Crippen LogP contribution in [0.5, 0.6) is 0 Å². The second-order valence-electron chi connectivity index (χ2n) is 4.16. The summed E-state index contributed by atoms with van der Waals surface area (Å²) in [6, 6.07) is 20.7. The molecule has 0 spiro atoms. The quantitative estimate of drug-likeness (QED) is 0.752. The van der Waals surface area contributed by atoms with Crippen LogP contribution in [0.25, 0.3) is 0 Å². The average molecular weight is 315 g/mol. The van der Waals surface area contributed by atoms with Crippen molar-refractivity contribution in [1.82, 2.24) is 0 Å². The fourth-order valence-electron chi connectivity index (χ4n) is 2.05. The Bertz CT molecular complexity index is 560. The van der Waals surface area contributed by atoms with Gasteiger partial charge in [0.1, 0.15) is 0 Å². The van der Waals surface area contributed by atoms with Crippen molar-refractivity contribution in [2.75, 3.05) is 11.4 Å². The first kappa shape index (κ1) is 13.6. The first-order valence-electron chi connectivity index (χ1n) is 6.20. The van der Waals surface area contributed by atoms with Gasteiger partial charge in [0.25, 0.3) is 0 Å². The van der Waals surface area contributed by atoms with Crippen LogP contribution < -0.4 is 4.90 Å². The molecular formula is C16H15BrN2. The number of hydrogen-bond donors (Lipinski definition) is 0. The van der Waals surface area contributed by atoms with E-state index in [-0.39, 0.29) is 0 Å². The minimum atomic E-state index is 0.505. The molecular weight excluding hydrogens is 300 g/mol. The predicted molar refractivity (Wildman–Crippen MR) is 82.8 cm³/mol. The largest absolute Gasteiger partial charge is 0.340 e. The lowest BCUT2D eigenvalue weighted by Crippen LogP contribution is -2.19. The first-order valence-corrected chi connectivity index (χ1v) is 7.32. The SMILES string of the molecule is N#CCCN(c1ccccc1)c1ccccc1CBr. The van der Waals surface area contributed by atoms with Gasteiger partial charge in [0.15, 0.2) is 0 Å². The monoisotopic (exact) mass is 314 g/mol. The third kappa shape index (κ3) is 3.36. The van der Waals surface area contributed by atoms with E-state index in [9.17, 15) is 0 Å². The van der Waals surface area contributed by atoms with Crippen molar-refractivity contribution in [2.24, 2.45) is 0 Å².